The van der Waals surface area contributed by atoms with Gasteiger partial charge in [0.15, 0.2) is 0 Å². The Labute approximate surface area is 194 Å². The number of carbonyl (C=O) groups excluding carboxylic acids is 1. The number of imidazole rings is 1. The van der Waals surface area contributed by atoms with Crippen LogP contribution in [-0.4, -0.2) is 51.6 Å². The van der Waals surface area contributed by atoms with Crippen LogP contribution in [0.15, 0.2) is 78.9 Å². The lowest BCUT2D eigenvalue weighted by Crippen LogP contribution is -2.49. The van der Waals surface area contributed by atoms with E-state index >= 15 is 0 Å². The van der Waals surface area contributed by atoms with Gasteiger partial charge in [0.05, 0.1) is 17.6 Å². The summed E-state index contributed by atoms with van der Waals surface area (Å²) in [6.45, 7) is 6.67. The van der Waals surface area contributed by atoms with Gasteiger partial charge in [0.25, 0.3) is 0 Å². The molecule has 0 saturated carbocycles. The molecule has 5 rings (SSSR count). The number of aryl methyl sites for hydroxylation is 1. The lowest BCUT2D eigenvalue weighted by Gasteiger charge is -2.34. The van der Waals surface area contributed by atoms with Gasteiger partial charge in [-0.25, -0.2) is 9.78 Å². The van der Waals surface area contributed by atoms with Gasteiger partial charge in [-0.2, -0.15) is 0 Å². The summed E-state index contributed by atoms with van der Waals surface area (Å²) >= 11 is 0. The fraction of sp³-hybridized carbons (Fsp3) is 0.259. The van der Waals surface area contributed by atoms with Crippen molar-refractivity contribution >= 4 is 22.8 Å². The van der Waals surface area contributed by atoms with Crippen molar-refractivity contribution < 1.29 is 4.79 Å². The van der Waals surface area contributed by atoms with E-state index in [9.17, 15) is 4.79 Å². The molecule has 0 radical (unpaired) electrons. The number of piperazine rings is 1. The highest BCUT2D eigenvalue weighted by Gasteiger charge is 2.23. The lowest BCUT2D eigenvalue weighted by molar-refractivity contribution is 0.140. The number of rotatable bonds is 5. The molecule has 1 aliphatic rings. The van der Waals surface area contributed by atoms with Gasteiger partial charge >= 0.3 is 6.03 Å². The first-order valence-electron chi connectivity index (χ1n) is 11.5. The van der Waals surface area contributed by atoms with E-state index in [4.69, 9.17) is 4.98 Å². The Balaban J connectivity index is 1.25. The highest BCUT2D eigenvalue weighted by atomic mass is 16.2. The van der Waals surface area contributed by atoms with Crippen molar-refractivity contribution in [3.63, 3.8) is 0 Å². The Bertz CT molecular complexity index is 1240. The maximum absolute atomic E-state index is 12.7. The van der Waals surface area contributed by atoms with Crippen molar-refractivity contribution in [2.75, 3.05) is 31.5 Å². The number of urea groups is 1. The number of nitrogens with zero attached hydrogens (tertiary/aromatic N) is 4. The topological polar surface area (TPSA) is 53.4 Å². The smallest absolute Gasteiger partial charge is 0.321 e. The predicted octanol–water partition coefficient (Wildman–Crippen LogP) is 4.74. The van der Waals surface area contributed by atoms with E-state index in [0.717, 1.165) is 54.3 Å². The third-order valence-electron chi connectivity index (χ3n) is 6.21. The number of benzene rings is 3. The van der Waals surface area contributed by atoms with Crippen LogP contribution < -0.4 is 5.32 Å². The standard InChI is InChI=1S/C27H29N5O/c1-21-8-7-11-23(18-21)28-27(33)31-16-14-30(15-17-31)20-26-29-24-12-5-6-13-25(24)32(26)19-22-9-3-2-4-10-22/h2-13,18H,14-17,19-20H2,1H3,(H,28,33). The molecule has 2 heterocycles. The molecule has 0 atom stereocenters. The fourth-order valence-corrected chi connectivity index (χ4v) is 4.42. The van der Waals surface area contributed by atoms with Gasteiger partial charge in [-0.05, 0) is 42.3 Å². The van der Waals surface area contributed by atoms with Crippen LogP contribution in [-0.2, 0) is 13.1 Å². The van der Waals surface area contributed by atoms with Crippen molar-refractivity contribution in [2.45, 2.75) is 20.0 Å². The van der Waals surface area contributed by atoms with E-state index in [1.807, 2.05) is 48.2 Å². The van der Waals surface area contributed by atoms with Gasteiger partial charge in [0.2, 0.25) is 0 Å². The quantitative estimate of drug-likeness (QED) is 0.489. The second kappa shape index (κ2) is 9.46. The second-order valence-electron chi connectivity index (χ2n) is 8.65. The second-order valence-corrected chi connectivity index (χ2v) is 8.65. The Kier molecular flexibility index (Phi) is 6.09. The fourth-order valence-electron chi connectivity index (χ4n) is 4.42. The van der Waals surface area contributed by atoms with Crippen molar-refractivity contribution in [2.24, 2.45) is 0 Å². The van der Waals surface area contributed by atoms with Crippen LogP contribution in [0.4, 0.5) is 10.5 Å². The maximum atomic E-state index is 12.7. The van der Waals surface area contributed by atoms with E-state index in [-0.39, 0.29) is 6.03 Å². The third kappa shape index (κ3) is 4.91. The molecule has 0 aliphatic carbocycles. The molecule has 4 aromatic rings. The van der Waals surface area contributed by atoms with Crippen LogP contribution in [0.1, 0.15) is 17.0 Å². The van der Waals surface area contributed by atoms with E-state index in [1.165, 1.54) is 5.56 Å². The summed E-state index contributed by atoms with van der Waals surface area (Å²) in [5, 5.41) is 3.02. The van der Waals surface area contributed by atoms with Gasteiger partial charge in [-0.15, -0.1) is 0 Å². The molecule has 1 fully saturated rings. The van der Waals surface area contributed by atoms with Gasteiger partial charge in [0, 0.05) is 38.4 Å². The molecule has 0 bridgehead atoms. The lowest BCUT2D eigenvalue weighted by atomic mass is 10.2. The molecule has 2 amide bonds. The maximum Gasteiger partial charge on any atom is 0.321 e. The Hall–Kier alpha value is -3.64. The number of carbonyl (C=O) groups is 1. The van der Waals surface area contributed by atoms with Crippen molar-refractivity contribution in [3.8, 4) is 0 Å². The average Bonchev–Trinajstić information content (AvgIpc) is 3.17. The normalized spacial score (nSPS) is 14.5. The average molecular weight is 440 g/mol. The zero-order valence-corrected chi connectivity index (χ0v) is 18.9. The van der Waals surface area contributed by atoms with Gasteiger partial charge in [0.1, 0.15) is 5.82 Å². The summed E-state index contributed by atoms with van der Waals surface area (Å²) in [7, 11) is 0. The van der Waals surface area contributed by atoms with E-state index in [2.05, 4.69) is 57.2 Å². The highest BCUT2D eigenvalue weighted by Crippen LogP contribution is 2.20. The molecule has 6 heteroatoms. The number of hydrogen-bond acceptors (Lipinski definition) is 3. The molecule has 33 heavy (non-hydrogen) atoms. The van der Waals surface area contributed by atoms with Crippen LogP contribution >= 0.6 is 0 Å². The Morgan fingerprint density at radius 3 is 2.42 bits per heavy atom. The zero-order valence-electron chi connectivity index (χ0n) is 18.9. The number of fused-ring (bicyclic) bond motifs is 1. The summed E-state index contributed by atoms with van der Waals surface area (Å²) in [5.41, 5.74) is 5.43. The van der Waals surface area contributed by atoms with Crippen LogP contribution in [0, 0.1) is 6.92 Å². The summed E-state index contributed by atoms with van der Waals surface area (Å²) in [4.78, 5) is 21.9. The highest BCUT2D eigenvalue weighted by molar-refractivity contribution is 5.89. The van der Waals surface area contributed by atoms with Crippen LogP contribution in [0.25, 0.3) is 11.0 Å². The van der Waals surface area contributed by atoms with E-state index < -0.39 is 0 Å². The first kappa shape index (κ1) is 21.2. The SMILES string of the molecule is Cc1cccc(NC(=O)N2CCN(Cc3nc4ccccc4n3Cc3ccccc3)CC2)c1. The largest absolute Gasteiger partial charge is 0.322 e. The van der Waals surface area contributed by atoms with E-state index in [1.54, 1.807) is 0 Å². The summed E-state index contributed by atoms with van der Waals surface area (Å²) in [6, 6.07) is 26.7. The Morgan fingerprint density at radius 1 is 0.879 bits per heavy atom. The molecule has 1 saturated heterocycles. The first-order chi connectivity index (χ1) is 16.2. The Morgan fingerprint density at radius 2 is 1.64 bits per heavy atom. The molecule has 168 valence electrons. The van der Waals surface area contributed by atoms with Crippen LogP contribution in [0.3, 0.4) is 0 Å². The van der Waals surface area contributed by atoms with Gasteiger partial charge < -0.3 is 14.8 Å². The molecule has 1 N–H and O–H groups in total. The minimum atomic E-state index is -0.0310. The number of para-hydroxylation sites is 2. The van der Waals surface area contributed by atoms with Crippen molar-refractivity contribution in [1.82, 2.24) is 19.4 Å². The molecule has 1 aromatic heterocycles. The molecule has 0 spiro atoms. The first-order valence-corrected chi connectivity index (χ1v) is 11.5. The van der Waals surface area contributed by atoms with Crippen LogP contribution in [0.5, 0.6) is 0 Å². The van der Waals surface area contributed by atoms with Crippen molar-refractivity contribution in [1.29, 1.82) is 0 Å². The number of anilines is 1. The predicted molar refractivity (Wildman–Crippen MR) is 132 cm³/mol. The van der Waals surface area contributed by atoms with Crippen molar-refractivity contribution in [3.05, 3.63) is 95.8 Å². The minimum Gasteiger partial charge on any atom is -0.322 e. The summed E-state index contributed by atoms with van der Waals surface area (Å²) in [5.74, 6) is 1.07. The summed E-state index contributed by atoms with van der Waals surface area (Å²) in [6.07, 6.45) is 0. The van der Waals surface area contributed by atoms with Gasteiger partial charge in [-0.1, -0.05) is 54.6 Å². The monoisotopic (exact) mass is 439 g/mol. The summed E-state index contributed by atoms with van der Waals surface area (Å²) < 4.78 is 2.32. The molecular weight excluding hydrogens is 410 g/mol. The molecular formula is C27H29N5O. The zero-order chi connectivity index (χ0) is 22.6. The number of aromatic nitrogens is 2. The number of amides is 2. The molecule has 1 aliphatic heterocycles. The number of nitrogens with one attached hydrogen (secondary N) is 1. The van der Waals surface area contributed by atoms with Crippen LogP contribution in [0.2, 0.25) is 0 Å². The van der Waals surface area contributed by atoms with E-state index in [0.29, 0.717) is 13.1 Å². The minimum absolute atomic E-state index is 0.0310. The third-order valence-corrected chi connectivity index (χ3v) is 6.21. The van der Waals surface area contributed by atoms with Gasteiger partial charge in [-0.3, -0.25) is 4.90 Å². The number of hydrogen-bond donors (Lipinski definition) is 1. The molecule has 6 nitrogen and oxygen atoms in total. The molecule has 3 aromatic carbocycles. The molecule has 0 unspecified atom stereocenters.